The average molecular weight is 162 g/mol. The molecule has 0 fully saturated rings. The molecule has 0 aliphatic carbocycles. The predicted octanol–water partition coefficient (Wildman–Crippen LogP) is 2.45. The van der Waals surface area contributed by atoms with E-state index in [4.69, 9.17) is 0 Å². The van der Waals surface area contributed by atoms with Gasteiger partial charge < -0.3 is 0 Å². The van der Waals surface area contributed by atoms with Crippen LogP contribution < -0.4 is 0 Å². The fourth-order valence-corrected chi connectivity index (χ4v) is 0.817. The van der Waals surface area contributed by atoms with Crippen molar-refractivity contribution in [2.45, 2.75) is 26.6 Å². The van der Waals surface area contributed by atoms with E-state index >= 15 is 0 Å². The van der Waals surface area contributed by atoms with Crippen molar-refractivity contribution in [2.75, 3.05) is 0 Å². The van der Waals surface area contributed by atoms with Gasteiger partial charge in [0.05, 0.1) is 0 Å². The molecule has 0 amide bonds. The van der Waals surface area contributed by atoms with Crippen LogP contribution in [-0.4, -0.2) is 8.07 Å². The van der Waals surface area contributed by atoms with Crippen molar-refractivity contribution in [3.63, 3.8) is 0 Å². The zero-order valence-electron chi connectivity index (χ0n) is 7.65. The predicted molar refractivity (Wildman–Crippen MR) is 53.7 cm³/mol. The largest absolute Gasteiger partial charge is 0.130 e. The highest BCUT2D eigenvalue weighted by Crippen LogP contribution is 1.95. The first-order chi connectivity index (χ1) is 5.06. The Hall–Kier alpha value is -0.923. The Morgan fingerprint density at radius 3 is 2.18 bits per heavy atom. The third kappa shape index (κ3) is 9.08. The molecule has 0 unspecified atom stereocenters. The molecule has 0 radical (unpaired) electrons. The average Bonchev–Trinajstić information content (AvgIpc) is 1.85. The Morgan fingerprint density at radius 2 is 1.73 bits per heavy atom. The van der Waals surface area contributed by atoms with E-state index < -0.39 is 8.07 Å². The van der Waals surface area contributed by atoms with Gasteiger partial charge in [-0.15, -0.1) is 5.54 Å². The number of hydrogen-bond acceptors (Lipinski definition) is 0. The molecule has 0 aromatic carbocycles. The molecule has 0 aliphatic heterocycles. The zero-order valence-corrected chi connectivity index (χ0v) is 8.65. The first-order valence-electron chi connectivity index (χ1n) is 3.70. The van der Waals surface area contributed by atoms with Crippen molar-refractivity contribution in [3.05, 3.63) is 12.2 Å². The van der Waals surface area contributed by atoms with E-state index in [0.29, 0.717) is 0 Å². The summed E-state index contributed by atoms with van der Waals surface area (Å²) in [6.07, 6.45) is 3.71. The minimum absolute atomic E-state index is 1.21. The molecule has 0 saturated carbocycles. The van der Waals surface area contributed by atoms with E-state index in [1.54, 1.807) is 6.08 Å². The van der Waals surface area contributed by atoms with Crippen molar-refractivity contribution in [1.29, 1.82) is 0 Å². The summed E-state index contributed by atoms with van der Waals surface area (Å²) in [6, 6.07) is 0. The number of allylic oxidation sites excluding steroid dienone is 2. The van der Waals surface area contributed by atoms with E-state index in [1.165, 1.54) is 0 Å². The summed E-state index contributed by atoms with van der Waals surface area (Å²) in [4.78, 5) is 0. The van der Waals surface area contributed by atoms with Gasteiger partial charge in [0.2, 0.25) is 0 Å². The van der Waals surface area contributed by atoms with Gasteiger partial charge in [-0.1, -0.05) is 31.6 Å². The molecular weight excluding hydrogens is 148 g/mol. The van der Waals surface area contributed by atoms with E-state index in [2.05, 4.69) is 42.9 Å². The van der Waals surface area contributed by atoms with Crippen LogP contribution in [-0.2, 0) is 0 Å². The van der Waals surface area contributed by atoms with Crippen LogP contribution in [0.5, 0.6) is 0 Å². The molecule has 0 nitrogen and oxygen atoms in total. The lowest BCUT2D eigenvalue weighted by atomic mass is 10.5. The van der Waals surface area contributed by atoms with Gasteiger partial charge in [0, 0.05) is 0 Å². The van der Waals surface area contributed by atoms with Crippen LogP contribution in [0.4, 0.5) is 0 Å². The number of rotatable bonds is 0. The lowest BCUT2D eigenvalue weighted by Gasteiger charge is -2.01. The summed E-state index contributed by atoms with van der Waals surface area (Å²) in [5, 5.41) is 0. The second-order valence-corrected chi connectivity index (χ2v) is 8.02. The summed E-state index contributed by atoms with van der Waals surface area (Å²) in [5.74, 6) is 8.46. The summed E-state index contributed by atoms with van der Waals surface area (Å²) in [7, 11) is -1.21. The normalized spacial score (nSPS) is 9.82. The monoisotopic (exact) mass is 162 g/mol. The molecule has 0 rings (SSSR count). The van der Waals surface area contributed by atoms with Gasteiger partial charge in [0.15, 0.2) is 0 Å². The minimum Gasteiger partial charge on any atom is -0.118 e. The second-order valence-electron chi connectivity index (χ2n) is 3.27. The summed E-state index contributed by atoms with van der Waals surface area (Å²) in [6.45, 7) is 8.56. The molecule has 0 bridgehead atoms. The van der Waals surface area contributed by atoms with Crippen LogP contribution in [0.15, 0.2) is 12.2 Å². The van der Waals surface area contributed by atoms with E-state index in [0.717, 1.165) is 0 Å². The van der Waals surface area contributed by atoms with Crippen LogP contribution in [0.3, 0.4) is 0 Å². The first-order valence-corrected chi connectivity index (χ1v) is 7.20. The van der Waals surface area contributed by atoms with Crippen molar-refractivity contribution in [3.8, 4) is 23.3 Å². The van der Waals surface area contributed by atoms with Gasteiger partial charge in [-0.25, -0.2) is 0 Å². The highest BCUT2D eigenvalue weighted by molar-refractivity contribution is 6.83. The SMILES string of the molecule is C/C=C/C#CC#C[Si](C)(C)C. The Morgan fingerprint density at radius 1 is 1.09 bits per heavy atom. The topological polar surface area (TPSA) is 0 Å². The van der Waals surface area contributed by atoms with Gasteiger partial charge in [-0.05, 0) is 24.8 Å². The third-order valence-corrected chi connectivity index (χ3v) is 1.70. The highest BCUT2D eigenvalue weighted by Gasteiger charge is 2.06. The number of hydrogen-bond donors (Lipinski definition) is 0. The van der Waals surface area contributed by atoms with Gasteiger partial charge in [0.1, 0.15) is 8.07 Å². The smallest absolute Gasteiger partial charge is 0.118 e. The van der Waals surface area contributed by atoms with Crippen molar-refractivity contribution < 1.29 is 0 Å². The zero-order chi connectivity index (χ0) is 8.74. The Balaban J connectivity index is 4.05. The molecule has 11 heavy (non-hydrogen) atoms. The van der Waals surface area contributed by atoms with Crippen LogP contribution in [0.1, 0.15) is 6.92 Å². The fraction of sp³-hybridized carbons (Fsp3) is 0.400. The standard InChI is InChI=1S/C10H14Si/c1-5-6-7-8-9-10-11(2,3)4/h5-6H,1-4H3/b6-5+. The lowest BCUT2D eigenvalue weighted by molar-refractivity contribution is 1.76. The first kappa shape index (κ1) is 10.1. The molecule has 0 atom stereocenters. The molecular formula is C10H14Si. The van der Waals surface area contributed by atoms with Crippen molar-refractivity contribution in [1.82, 2.24) is 0 Å². The van der Waals surface area contributed by atoms with Crippen LogP contribution in [0, 0.1) is 23.3 Å². The lowest BCUT2D eigenvalue weighted by Crippen LogP contribution is -2.16. The highest BCUT2D eigenvalue weighted by atomic mass is 28.3. The molecule has 58 valence electrons. The molecule has 0 aliphatic rings. The van der Waals surface area contributed by atoms with Crippen LogP contribution in [0.25, 0.3) is 0 Å². The maximum atomic E-state index is 3.16. The molecule has 0 spiro atoms. The van der Waals surface area contributed by atoms with E-state index in [-0.39, 0.29) is 0 Å². The Labute approximate surface area is 70.7 Å². The fourth-order valence-electron chi connectivity index (χ4n) is 0.380. The van der Waals surface area contributed by atoms with Crippen LogP contribution in [0.2, 0.25) is 19.6 Å². The maximum absolute atomic E-state index is 3.16. The summed E-state index contributed by atoms with van der Waals surface area (Å²) in [5.41, 5.74) is 3.16. The Bertz CT molecular complexity index is 245. The molecule has 0 heterocycles. The summed E-state index contributed by atoms with van der Waals surface area (Å²) < 4.78 is 0. The van der Waals surface area contributed by atoms with E-state index in [9.17, 15) is 0 Å². The van der Waals surface area contributed by atoms with E-state index in [1.807, 2.05) is 13.0 Å². The maximum Gasteiger partial charge on any atom is 0.130 e. The molecule has 0 aromatic heterocycles. The van der Waals surface area contributed by atoms with Gasteiger partial charge in [-0.2, -0.15) is 0 Å². The second kappa shape index (κ2) is 4.83. The Kier molecular flexibility index (Phi) is 4.42. The molecule has 0 aromatic rings. The molecule has 0 saturated heterocycles. The minimum atomic E-state index is -1.21. The molecule has 0 N–H and O–H groups in total. The third-order valence-electron chi connectivity index (χ3n) is 0.822. The van der Waals surface area contributed by atoms with Crippen molar-refractivity contribution >= 4 is 8.07 Å². The van der Waals surface area contributed by atoms with Crippen LogP contribution >= 0.6 is 0 Å². The van der Waals surface area contributed by atoms with Gasteiger partial charge >= 0.3 is 0 Å². The van der Waals surface area contributed by atoms with Crippen molar-refractivity contribution in [2.24, 2.45) is 0 Å². The van der Waals surface area contributed by atoms with Gasteiger partial charge in [0.25, 0.3) is 0 Å². The van der Waals surface area contributed by atoms with Gasteiger partial charge in [-0.3, -0.25) is 0 Å². The molecule has 1 heteroatoms. The quantitative estimate of drug-likeness (QED) is 0.379. The summed E-state index contributed by atoms with van der Waals surface area (Å²) >= 11 is 0.